The number of hydrogen-bond acceptors (Lipinski definition) is 1. The van der Waals surface area contributed by atoms with Crippen molar-refractivity contribution in [2.45, 2.75) is 16.2 Å². The van der Waals surface area contributed by atoms with Crippen LogP contribution in [-0.2, 0) is 4.33 Å². The summed E-state index contributed by atoms with van der Waals surface area (Å²) in [5.41, 5.74) is 3.84. The van der Waals surface area contributed by atoms with Gasteiger partial charge in [-0.3, -0.25) is 0 Å². The molecule has 0 aliphatic carbocycles. The fourth-order valence-corrected chi connectivity index (χ4v) is 5.58. The van der Waals surface area contributed by atoms with Gasteiger partial charge in [0.2, 0.25) is 0 Å². The second kappa shape index (κ2) is 9.64. The molecule has 0 fully saturated rings. The molecule has 0 aliphatic heterocycles. The molecule has 0 heterocycles. The van der Waals surface area contributed by atoms with Crippen molar-refractivity contribution in [1.82, 2.24) is 0 Å². The predicted octanol–water partition coefficient (Wildman–Crippen LogP) is 6.32. The van der Waals surface area contributed by atoms with Crippen LogP contribution in [0.4, 0.5) is 17.1 Å². The van der Waals surface area contributed by atoms with E-state index < -0.39 is 32.9 Å². The van der Waals surface area contributed by atoms with E-state index in [1.165, 1.54) is 3.57 Å². The van der Waals surface area contributed by atoms with Gasteiger partial charge in [-0.1, -0.05) is 0 Å². The average molecular weight is 621 g/mol. The molecule has 0 bridgehead atoms. The van der Waals surface area contributed by atoms with Crippen molar-refractivity contribution in [2.75, 3.05) is 11.2 Å². The topological polar surface area (TPSA) is 3.24 Å². The van der Waals surface area contributed by atoms with Crippen LogP contribution in [0.2, 0.25) is 0 Å². The van der Waals surface area contributed by atoms with Gasteiger partial charge < -0.3 is 0 Å². The first kappa shape index (κ1) is 23.6. The molecule has 156 valence electrons. The molecule has 0 atom stereocenters. The van der Waals surface area contributed by atoms with Gasteiger partial charge in [-0.2, -0.15) is 0 Å². The summed E-state index contributed by atoms with van der Waals surface area (Å²) in [6.45, 7) is 1.76. The molecule has 0 saturated heterocycles. The maximum absolute atomic E-state index is 6.32. The number of anilines is 3. The third-order valence-corrected chi connectivity index (χ3v) is 9.21. The molecule has 0 aromatic heterocycles. The second-order valence-corrected chi connectivity index (χ2v) is 17.0. The van der Waals surface area contributed by atoms with E-state index in [4.69, 9.17) is 53.5 Å². The monoisotopic (exact) mass is 618 g/mol. The van der Waals surface area contributed by atoms with Gasteiger partial charge in [0.1, 0.15) is 0 Å². The van der Waals surface area contributed by atoms with Gasteiger partial charge in [0.15, 0.2) is 0 Å². The Morgan fingerprint density at radius 1 is 0.759 bits per heavy atom. The molecule has 8 heteroatoms. The van der Waals surface area contributed by atoms with E-state index in [9.17, 15) is 0 Å². The van der Waals surface area contributed by atoms with E-state index in [-0.39, 0.29) is 0 Å². The minimum atomic E-state index is -1.82. The first-order chi connectivity index (χ1) is 13.6. The Labute approximate surface area is 206 Å². The summed E-state index contributed by atoms with van der Waals surface area (Å²) >= 11 is 12.0. The minimum absolute atomic E-state index is 0.471. The van der Waals surface area contributed by atoms with Crippen LogP contribution in [0.25, 0.3) is 0 Å². The third kappa shape index (κ3) is 6.03. The first-order valence-corrected chi connectivity index (χ1v) is 16.8. The molecule has 0 radical (unpaired) electrons. The summed E-state index contributed by atoms with van der Waals surface area (Å²) in [6, 6.07) is 24.2. The van der Waals surface area contributed by atoms with Crippen LogP contribution in [-0.4, -0.2) is 6.26 Å². The van der Waals surface area contributed by atoms with Crippen LogP contribution < -0.4 is 25.0 Å². The normalized spacial score (nSPS) is 12.8. The van der Waals surface area contributed by atoms with Gasteiger partial charge in [-0.15, -0.1) is 0 Å². The second-order valence-electron chi connectivity index (χ2n) is 6.54. The molecular weight excluding hydrogens is 602 g/mol. The summed E-state index contributed by atoms with van der Waals surface area (Å²) < 4.78 is 0.230. The molecule has 0 spiro atoms. The molecule has 29 heavy (non-hydrogen) atoms. The molecule has 3 rings (SSSR count). The predicted molar refractivity (Wildman–Crippen MR) is 128 cm³/mol. The number of nitrogens with zero attached hydrogens (tertiary/aromatic N) is 1. The molecule has 0 N–H and O–H groups in total. The van der Waals surface area contributed by atoms with E-state index in [0.717, 1.165) is 27.5 Å². The zero-order chi connectivity index (χ0) is 21.2. The average Bonchev–Trinajstić information content (AvgIpc) is 2.68. The van der Waals surface area contributed by atoms with Crippen LogP contribution >= 0.6 is 61.9 Å². The van der Waals surface area contributed by atoms with Crippen LogP contribution in [0.15, 0.2) is 77.7 Å². The van der Waals surface area contributed by atoms with Crippen LogP contribution in [0, 0.1) is 3.57 Å². The fraction of sp³-hybridized carbons (Fsp3) is 0.143. The van der Waals surface area contributed by atoms with E-state index in [1.807, 2.05) is 54.8 Å². The van der Waals surface area contributed by atoms with Crippen molar-refractivity contribution in [2.24, 2.45) is 0 Å². The van der Waals surface area contributed by atoms with E-state index in [2.05, 4.69) is 29.2 Å². The van der Waals surface area contributed by atoms with Crippen LogP contribution in [0.3, 0.4) is 0 Å². The van der Waals surface area contributed by atoms with Gasteiger partial charge in [0.25, 0.3) is 0 Å². The van der Waals surface area contributed by atoms with Crippen molar-refractivity contribution >= 4 is 79.0 Å². The van der Waals surface area contributed by atoms with Crippen molar-refractivity contribution in [3.8, 4) is 0 Å². The van der Waals surface area contributed by atoms with Gasteiger partial charge >= 0.3 is 208 Å². The summed E-state index contributed by atoms with van der Waals surface area (Å²) in [5, 5.41) is 0. The van der Waals surface area contributed by atoms with Crippen molar-refractivity contribution in [3.05, 3.63) is 81.9 Å². The Balaban J connectivity index is 2.06. The zero-order valence-corrected chi connectivity index (χ0v) is 22.3. The molecule has 0 saturated carbocycles. The van der Waals surface area contributed by atoms with E-state index >= 15 is 0 Å². The summed E-state index contributed by atoms with van der Waals surface area (Å²) in [6.07, 6.45) is 1.84. The Morgan fingerprint density at radius 2 is 1.17 bits per heavy atom. The third-order valence-electron chi connectivity index (χ3n) is 4.31. The molecule has 0 unspecified atom stereocenters. The van der Waals surface area contributed by atoms with Crippen molar-refractivity contribution in [1.29, 1.82) is 0 Å². The molecule has 0 amide bonds. The number of rotatable bonds is 6. The van der Waals surface area contributed by atoms with E-state index in [1.54, 1.807) is 6.92 Å². The molecular formula is C21H18Cl5INS-. The summed E-state index contributed by atoms with van der Waals surface area (Å²) in [7, 11) is 16.9. The number of halogens is 6. The van der Waals surface area contributed by atoms with Gasteiger partial charge in [-0.25, -0.2) is 0 Å². The Bertz CT molecular complexity index is 891. The zero-order valence-electron chi connectivity index (χ0n) is 15.6. The molecule has 0 aliphatic rings. The van der Waals surface area contributed by atoms with Crippen molar-refractivity contribution < 1.29 is 20.1 Å². The Hall–Kier alpha value is -0.0100. The van der Waals surface area contributed by atoms with Crippen LogP contribution in [0.1, 0.15) is 12.5 Å². The summed E-state index contributed by atoms with van der Waals surface area (Å²) in [4.78, 5) is 3.07. The number of benzene rings is 3. The standard InChI is InChI=1S/C21H18Cl5INS/c1-21(22,23)15-3-7-17(8-4-15)28(18-9-5-16(27-24)6-10-18)19-11-13-20(14-12-19)29(2,25)26/h3-14H,1-2H3/q-1. The van der Waals surface area contributed by atoms with Gasteiger partial charge in [-0.05, 0) is 0 Å². The number of alkyl halides is 2. The van der Waals surface area contributed by atoms with Crippen LogP contribution in [0.5, 0.6) is 0 Å². The van der Waals surface area contributed by atoms with E-state index in [0.29, 0.717) is 0 Å². The SMILES string of the molecule is CC(Cl)(Cl)c1ccc(N(c2ccc([I-]Cl)cc2)c2ccc(S(C)(Cl)Cl)cc2)cc1. The molecule has 3 aromatic carbocycles. The maximum atomic E-state index is 6.32. The first-order valence-electron chi connectivity index (χ1n) is 8.52. The van der Waals surface area contributed by atoms with Gasteiger partial charge in [0, 0.05) is 0 Å². The fourth-order valence-electron chi connectivity index (χ4n) is 2.82. The number of hydrogen-bond donors (Lipinski definition) is 0. The molecule has 3 aromatic rings. The quantitative estimate of drug-likeness (QED) is 0.231. The van der Waals surface area contributed by atoms with Gasteiger partial charge in [0.05, 0.1) is 0 Å². The Morgan fingerprint density at radius 3 is 1.55 bits per heavy atom. The Kier molecular flexibility index (Phi) is 7.86. The molecule has 1 nitrogen and oxygen atoms in total. The summed E-state index contributed by atoms with van der Waals surface area (Å²) in [5.74, 6) is 0. The van der Waals surface area contributed by atoms with Crippen molar-refractivity contribution in [3.63, 3.8) is 0 Å².